The Morgan fingerprint density at radius 3 is 3.12 bits per heavy atom. The van der Waals surface area contributed by atoms with Crippen LogP contribution < -0.4 is 5.32 Å². The van der Waals surface area contributed by atoms with Crippen LogP contribution in [-0.4, -0.2) is 30.6 Å². The highest BCUT2D eigenvalue weighted by Gasteiger charge is 2.22. The van der Waals surface area contributed by atoms with Crippen molar-refractivity contribution in [3.05, 3.63) is 23.7 Å². The van der Waals surface area contributed by atoms with Gasteiger partial charge in [-0.05, 0) is 44.5 Å². The van der Waals surface area contributed by atoms with Gasteiger partial charge in [-0.15, -0.1) is 0 Å². The quantitative estimate of drug-likeness (QED) is 0.827. The topological polar surface area (TPSA) is 28.4 Å². The Balaban J connectivity index is 1.74. The fourth-order valence-electron chi connectivity index (χ4n) is 2.48. The highest BCUT2D eigenvalue weighted by Crippen LogP contribution is 2.16. The van der Waals surface area contributed by atoms with E-state index in [4.69, 9.17) is 4.42 Å². The van der Waals surface area contributed by atoms with Gasteiger partial charge in [0.1, 0.15) is 5.76 Å². The lowest BCUT2D eigenvalue weighted by molar-refractivity contribution is 0.258. The molecule has 1 unspecified atom stereocenters. The normalized spacial score (nSPS) is 21.8. The number of hydrogen-bond donors (Lipinski definition) is 1. The monoisotopic (exact) mass is 222 g/mol. The molecule has 0 aromatic carbocycles. The second-order valence-corrected chi connectivity index (χ2v) is 4.58. The van der Waals surface area contributed by atoms with Gasteiger partial charge < -0.3 is 9.73 Å². The maximum absolute atomic E-state index is 5.41. The number of nitrogens with zero attached hydrogens (tertiary/aromatic N) is 1. The lowest BCUT2D eigenvalue weighted by atomic mass is 10.2. The summed E-state index contributed by atoms with van der Waals surface area (Å²) in [5, 5.41) is 3.50. The molecule has 1 atom stereocenters. The third-order valence-corrected chi connectivity index (χ3v) is 3.54. The van der Waals surface area contributed by atoms with Gasteiger partial charge in [0.15, 0.2) is 0 Å². The zero-order valence-electron chi connectivity index (χ0n) is 10.3. The van der Waals surface area contributed by atoms with E-state index in [1.54, 1.807) is 6.26 Å². The van der Waals surface area contributed by atoms with Gasteiger partial charge in [0.25, 0.3) is 0 Å². The Morgan fingerprint density at radius 2 is 2.44 bits per heavy atom. The van der Waals surface area contributed by atoms with Crippen LogP contribution in [0.5, 0.6) is 0 Å². The minimum absolute atomic E-state index is 0.722. The summed E-state index contributed by atoms with van der Waals surface area (Å²) in [6, 6.07) is 2.74. The molecule has 0 spiro atoms. The van der Waals surface area contributed by atoms with Gasteiger partial charge in [0.05, 0.1) is 12.8 Å². The van der Waals surface area contributed by atoms with Crippen molar-refractivity contribution in [3.63, 3.8) is 0 Å². The van der Waals surface area contributed by atoms with Crippen LogP contribution in [0.1, 0.15) is 31.1 Å². The maximum Gasteiger partial charge on any atom is 0.120 e. The predicted molar refractivity (Wildman–Crippen MR) is 65.4 cm³/mol. The number of rotatable bonds is 5. The summed E-state index contributed by atoms with van der Waals surface area (Å²) < 4.78 is 5.41. The predicted octanol–water partition coefficient (Wildman–Crippen LogP) is 2.16. The van der Waals surface area contributed by atoms with Crippen LogP contribution in [0.25, 0.3) is 0 Å². The average Bonchev–Trinajstić information content (AvgIpc) is 2.88. The second kappa shape index (κ2) is 5.51. The molecule has 1 saturated heterocycles. The molecule has 0 bridgehead atoms. The first-order chi connectivity index (χ1) is 7.81. The number of nitrogens with one attached hydrogen (secondary N) is 1. The summed E-state index contributed by atoms with van der Waals surface area (Å²) >= 11 is 0. The van der Waals surface area contributed by atoms with Gasteiger partial charge in [-0.3, -0.25) is 4.90 Å². The molecule has 0 amide bonds. The van der Waals surface area contributed by atoms with E-state index in [1.807, 2.05) is 6.07 Å². The van der Waals surface area contributed by atoms with Crippen molar-refractivity contribution >= 4 is 0 Å². The van der Waals surface area contributed by atoms with Gasteiger partial charge in [0.2, 0.25) is 0 Å². The van der Waals surface area contributed by atoms with Crippen LogP contribution in [-0.2, 0) is 6.54 Å². The Hall–Kier alpha value is -0.800. The van der Waals surface area contributed by atoms with E-state index in [0.29, 0.717) is 0 Å². The number of furan rings is 1. The van der Waals surface area contributed by atoms with Crippen LogP contribution in [0.2, 0.25) is 0 Å². The Morgan fingerprint density at radius 1 is 1.56 bits per heavy atom. The molecule has 1 aromatic rings. The fraction of sp³-hybridized carbons (Fsp3) is 0.692. The van der Waals surface area contributed by atoms with E-state index in [1.165, 1.54) is 31.5 Å². The van der Waals surface area contributed by atoms with Crippen LogP contribution >= 0.6 is 0 Å². The van der Waals surface area contributed by atoms with Crippen LogP contribution in [0, 0.1) is 6.92 Å². The summed E-state index contributed by atoms with van der Waals surface area (Å²) in [7, 11) is 0. The molecule has 2 rings (SSSR count). The van der Waals surface area contributed by atoms with Crippen molar-refractivity contribution < 1.29 is 4.42 Å². The summed E-state index contributed by atoms with van der Waals surface area (Å²) in [5.74, 6) is 1.07. The van der Waals surface area contributed by atoms with Gasteiger partial charge in [-0.2, -0.15) is 0 Å². The molecule has 1 fully saturated rings. The highest BCUT2D eigenvalue weighted by atomic mass is 16.3. The molecule has 3 nitrogen and oxygen atoms in total. The largest absolute Gasteiger partial charge is 0.468 e. The van der Waals surface area contributed by atoms with Crippen molar-refractivity contribution in [2.45, 2.75) is 39.3 Å². The Kier molecular flexibility index (Phi) is 4.02. The van der Waals surface area contributed by atoms with Crippen LogP contribution in [0.3, 0.4) is 0 Å². The van der Waals surface area contributed by atoms with E-state index >= 15 is 0 Å². The smallest absolute Gasteiger partial charge is 0.120 e. The van der Waals surface area contributed by atoms with Crippen LogP contribution in [0.4, 0.5) is 0 Å². The first kappa shape index (κ1) is 11.7. The first-order valence-corrected chi connectivity index (χ1v) is 6.29. The maximum atomic E-state index is 5.41. The van der Waals surface area contributed by atoms with Gasteiger partial charge in [-0.1, -0.05) is 6.92 Å². The van der Waals surface area contributed by atoms with E-state index in [9.17, 15) is 0 Å². The van der Waals surface area contributed by atoms with E-state index < -0.39 is 0 Å². The molecule has 1 N–H and O–H groups in total. The average molecular weight is 222 g/mol. The lowest BCUT2D eigenvalue weighted by Crippen LogP contribution is -2.37. The molecule has 2 heterocycles. The molecule has 1 aromatic heterocycles. The molecular formula is C13H22N2O. The summed E-state index contributed by atoms with van der Waals surface area (Å²) in [6.07, 6.45) is 4.44. The zero-order valence-corrected chi connectivity index (χ0v) is 10.3. The number of likely N-dealkylation sites (tertiary alicyclic amines) is 1. The van der Waals surface area contributed by atoms with Crippen molar-refractivity contribution in [1.82, 2.24) is 10.2 Å². The van der Waals surface area contributed by atoms with Gasteiger partial charge in [-0.25, -0.2) is 0 Å². The van der Waals surface area contributed by atoms with Crippen molar-refractivity contribution in [1.29, 1.82) is 0 Å². The molecule has 1 aliphatic rings. The molecular weight excluding hydrogens is 200 g/mol. The molecule has 3 heteroatoms. The van der Waals surface area contributed by atoms with E-state index in [2.05, 4.69) is 24.1 Å². The fourth-order valence-corrected chi connectivity index (χ4v) is 2.48. The van der Waals surface area contributed by atoms with Crippen LogP contribution in [0.15, 0.2) is 16.7 Å². The summed E-state index contributed by atoms with van der Waals surface area (Å²) in [5.41, 5.74) is 1.24. The van der Waals surface area contributed by atoms with Crippen molar-refractivity contribution in [2.75, 3.05) is 19.6 Å². The molecule has 1 aliphatic heterocycles. The highest BCUT2D eigenvalue weighted by molar-refractivity contribution is 5.14. The van der Waals surface area contributed by atoms with Crippen molar-refractivity contribution in [2.24, 2.45) is 0 Å². The number of aryl methyl sites for hydroxylation is 1. The third-order valence-electron chi connectivity index (χ3n) is 3.54. The van der Waals surface area contributed by atoms with E-state index in [-0.39, 0.29) is 0 Å². The third kappa shape index (κ3) is 2.66. The summed E-state index contributed by atoms with van der Waals surface area (Å²) in [6.45, 7) is 8.71. The van der Waals surface area contributed by atoms with E-state index in [0.717, 1.165) is 24.9 Å². The molecule has 90 valence electrons. The molecule has 16 heavy (non-hydrogen) atoms. The minimum atomic E-state index is 0.722. The zero-order chi connectivity index (χ0) is 11.4. The number of hydrogen-bond acceptors (Lipinski definition) is 3. The SMILES string of the molecule is CCN1CCCC1CNCc1occc1C. The lowest BCUT2D eigenvalue weighted by Gasteiger charge is -2.22. The summed E-state index contributed by atoms with van der Waals surface area (Å²) in [4.78, 5) is 2.56. The molecule has 0 radical (unpaired) electrons. The second-order valence-electron chi connectivity index (χ2n) is 4.58. The van der Waals surface area contributed by atoms with Gasteiger partial charge >= 0.3 is 0 Å². The Bertz CT molecular complexity index is 321. The number of likely N-dealkylation sites (N-methyl/N-ethyl adjacent to an activating group) is 1. The van der Waals surface area contributed by atoms with Gasteiger partial charge in [0, 0.05) is 12.6 Å². The standard InChI is InChI=1S/C13H22N2O/c1-3-15-7-4-5-12(15)9-14-10-13-11(2)6-8-16-13/h6,8,12,14H,3-5,7,9-10H2,1-2H3. The van der Waals surface area contributed by atoms with Crippen molar-refractivity contribution in [3.8, 4) is 0 Å². The first-order valence-electron chi connectivity index (χ1n) is 6.29. The molecule has 0 aliphatic carbocycles. The Labute approximate surface area is 97.8 Å². The molecule has 0 saturated carbocycles. The minimum Gasteiger partial charge on any atom is -0.468 e.